The third-order valence-electron chi connectivity index (χ3n) is 9.90. The number of nitrogens with zero attached hydrogens (tertiary/aromatic N) is 1. The smallest absolute Gasteiger partial charge is 0.303 e. The molecule has 3 atom stereocenters. The van der Waals surface area contributed by atoms with Gasteiger partial charge < -0.3 is 25.6 Å². The van der Waals surface area contributed by atoms with Crippen molar-refractivity contribution in [2.45, 2.75) is 114 Å². The number of amides is 1. The normalized spacial score (nSPS) is 25.1. The molecule has 1 amide bonds. The molecule has 8 nitrogen and oxygen atoms in total. The molecular formula is C37H50F4N2O6. The standard InChI is InChI=1S/C18H21F2NO2.C10H14F2O3.C8H11NO.CH4/c19-17(20)9-6-14(7-10-17)18-11-8-16(22)21(18)15(12-23-18)13-4-2-1-3-5-13;11-10(12)5-3-7(4-6-10)8(13)1-2-9(14)15;9-8(6-10)7-4-2-1-3-5-7;/h1-5,14-15H,6-12H2;7H,1-6H2,(H,14,15);1-5,8,10H,6,9H2;1H4/t15-,18+;;8-;/m0.0./s1. The molecule has 2 aliphatic heterocycles. The van der Waals surface area contributed by atoms with Crippen LogP contribution < -0.4 is 5.73 Å². The minimum absolute atomic E-state index is 0. The fraction of sp³-hybridized carbons (Fsp3) is 0.595. The van der Waals surface area contributed by atoms with Crippen LogP contribution in [-0.2, 0) is 19.1 Å². The number of carbonyl (C=O) groups excluding carboxylic acids is 2. The molecule has 0 aromatic heterocycles. The van der Waals surface area contributed by atoms with E-state index in [1.165, 1.54) is 0 Å². The van der Waals surface area contributed by atoms with Crippen LogP contribution in [0.4, 0.5) is 17.6 Å². The zero-order valence-electron chi connectivity index (χ0n) is 27.0. The largest absolute Gasteiger partial charge is 0.481 e. The summed E-state index contributed by atoms with van der Waals surface area (Å²) >= 11 is 0. The lowest BCUT2D eigenvalue weighted by atomic mass is 9.78. The van der Waals surface area contributed by atoms with Gasteiger partial charge in [-0.05, 0) is 36.8 Å². The zero-order valence-corrected chi connectivity index (χ0v) is 27.0. The Morgan fingerprint density at radius 2 is 1.39 bits per heavy atom. The van der Waals surface area contributed by atoms with E-state index >= 15 is 0 Å². The van der Waals surface area contributed by atoms with Crippen LogP contribution in [-0.4, -0.2) is 63.6 Å². The Bertz CT molecular complexity index is 1350. The number of nitrogens with two attached hydrogens (primary N) is 1. The number of aliphatic hydroxyl groups excluding tert-OH is 1. The molecule has 2 aliphatic carbocycles. The molecule has 2 aromatic rings. The highest BCUT2D eigenvalue weighted by molar-refractivity contribution is 5.84. The summed E-state index contributed by atoms with van der Waals surface area (Å²) in [4.78, 5) is 36.0. The number of hydrogen-bond acceptors (Lipinski definition) is 6. The SMILES string of the molecule is C.N[C@@H](CO)c1ccccc1.O=C(O)CCC(=O)C1CCC(F)(F)CC1.O=C1CC[C@]2(C3CCC(F)(F)CC3)OC[C@@H](c3ccccc3)N12. The summed E-state index contributed by atoms with van der Waals surface area (Å²) in [5, 5.41) is 17.0. The van der Waals surface area contributed by atoms with Gasteiger partial charge in [0.05, 0.1) is 31.7 Å². The number of rotatable bonds is 8. The first-order valence-electron chi connectivity index (χ1n) is 16.7. The van der Waals surface area contributed by atoms with Gasteiger partial charge in [0.2, 0.25) is 17.8 Å². The van der Waals surface area contributed by atoms with Crippen molar-refractivity contribution in [2.75, 3.05) is 13.2 Å². The van der Waals surface area contributed by atoms with Crippen molar-refractivity contribution in [3.8, 4) is 0 Å². The van der Waals surface area contributed by atoms with Gasteiger partial charge in [0.1, 0.15) is 11.5 Å². The number of fused-ring (bicyclic) bond motifs is 1. The Morgan fingerprint density at radius 3 is 1.92 bits per heavy atom. The van der Waals surface area contributed by atoms with Crippen molar-refractivity contribution >= 4 is 17.7 Å². The second-order valence-electron chi connectivity index (χ2n) is 13.2. The first-order chi connectivity index (χ1) is 22.8. The highest BCUT2D eigenvalue weighted by Crippen LogP contribution is 2.53. The number of carboxylic acids is 1. The summed E-state index contributed by atoms with van der Waals surface area (Å²) < 4.78 is 58.7. The van der Waals surface area contributed by atoms with Gasteiger partial charge in [-0.25, -0.2) is 17.6 Å². The molecule has 2 saturated carbocycles. The van der Waals surface area contributed by atoms with E-state index in [0.717, 1.165) is 11.1 Å². The minimum atomic E-state index is -2.64. The summed E-state index contributed by atoms with van der Waals surface area (Å²) in [6.45, 7) is 0.465. The number of carboxylic acid groups (broad SMARTS) is 1. The quantitative estimate of drug-likeness (QED) is 0.245. The van der Waals surface area contributed by atoms with Crippen molar-refractivity contribution in [1.29, 1.82) is 0 Å². The van der Waals surface area contributed by atoms with Crippen LogP contribution in [0.3, 0.4) is 0 Å². The molecule has 272 valence electrons. The molecule has 0 radical (unpaired) electrons. The van der Waals surface area contributed by atoms with Crippen LogP contribution in [0, 0.1) is 11.8 Å². The van der Waals surface area contributed by atoms with Crippen LogP contribution in [0.25, 0.3) is 0 Å². The van der Waals surface area contributed by atoms with Gasteiger partial charge in [-0.3, -0.25) is 14.4 Å². The lowest BCUT2D eigenvalue weighted by molar-refractivity contribution is -0.158. The maximum Gasteiger partial charge on any atom is 0.303 e. The second-order valence-corrected chi connectivity index (χ2v) is 13.2. The number of alkyl halides is 4. The Kier molecular flexibility index (Phi) is 14.3. The molecule has 0 bridgehead atoms. The van der Waals surface area contributed by atoms with E-state index in [9.17, 15) is 31.9 Å². The number of ketones is 1. The average molecular weight is 695 g/mol. The second kappa shape index (κ2) is 17.5. The first-order valence-corrected chi connectivity index (χ1v) is 16.7. The average Bonchev–Trinajstić information content (AvgIpc) is 3.63. The lowest BCUT2D eigenvalue weighted by Gasteiger charge is -2.42. The fourth-order valence-corrected chi connectivity index (χ4v) is 7.15. The number of hydrogen-bond donors (Lipinski definition) is 3. The van der Waals surface area contributed by atoms with E-state index < -0.39 is 23.5 Å². The topological polar surface area (TPSA) is 130 Å². The molecular weight excluding hydrogens is 644 g/mol. The number of aliphatic hydroxyl groups is 1. The van der Waals surface area contributed by atoms with Crippen molar-refractivity contribution in [1.82, 2.24) is 4.90 Å². The maximum atomic E-state index is 13.5. The minimum Gasteiger partial charge on any atom is -0.481 e. The van der Waals surface area contributed by atoms with Gasteiger partial charge >= 0.3 is 5.97 Å². The van der Waals surface area contributed by atoms with E-state index in [-0.39, 0.29) is 101 Å². The van der Waals surface area contributed by atoms with E-state index in [1.54, 1.807) is 0 Å². The first kappa shape index (κ1) is 40.1. The monoisotopic (exact) mass is 694 g/mol. The van der Waals surface area contributed by atoms with Gasteiger partial charge in [0.15, 0.2) is 0 Å². The fourth-order valence-electron chi connectivity index (χ4n) is 7.15. The predicted octanol–water partition coefficient (Wildman–Crippen LogP) is 7.46. The number of Topliss-reactive ketones (excluding diaryl/α,β-unsaturated/α-hetero) is 1. The Balaban J connectivity index is 0.000000216. The van der Waals surface area contributed by atoms with Crippen molar-refractivity contribution < 1.29 is 46.9 Å². The number of aliphatic carboxylic acids is 1. The molecule has 12 heteroatoms. The van der Waals surface area contributed by atoms with Crippen molar-refractivity contribution in [2.24, 2.45) is 17.6 Å². The summed E-state index contributed by atoms with van der Waals surface area (Å²) in [6.07, 6.45) is 1.38. The van der Waals surface area contributed by atoms with Gasteiger partial charge in [-0.2, -0.15) is 0 Å². The third-order valence-corrected chi connectivity index (χ3v) is 9.90. The molecule has 49 heavy (non-hydrogen) atoms. The van der Waals surface area contributed by atoms with Crippen LogP contribution in [0.5, 0.6) is 0 Å². The van der Waals surface area contributed by atoms with E-state index in [0.29, 0.717) is 32.3 Å². The van der Waals surface area contributed by atoms with E-state index in [1.807, 2.05) is 65.6 Å². The molecule has 6 rings (SSSR count). The molecule has 4 fully saturated rings. The molecule has 2 heterocycles. The Morgan fingerprint density at radius 1 is 0.857 bits per heavy atom. The Hall–Kier alpha value is -3.35. The lowest BCUT2D eigenvalue weighted by Crippen LogP contribution is -2.50. The Labute approximate surface area is 286 Å². The highest BCUT2D eigenvalue weighted by Gasteiger charge is 2.59. The van der Waals surface area contributed by atoms with Crippen LogP contribution in [0.1, 0.15) is 108 Å². The van der Waals surface area contributed by atoms with E-state index in [4.69, 9.17) is 20.7 Å². The van der Waals surface area contributed by atoms with E-state index in [2.05, 4.69) is 0 Å². The predicted molar refractivity (Wildman–Crippen MR) is 177 cm³/mol. The van der Waals surface area contributed by atoms with Crippen molar-refractivity contribution in [3.63, 3.8) is 0 Å². The molecule has 4 aliphatic rings. The van der Waals surface area contributed by atoms with Gasteiger partial charge in [0, 0.05) is 56.8 Å². The summed E-state index contributed by atoms with van der Waals surface area (Å²) in [7, 11) is 0. The number of carbonyl (C=O) groups is 3. The maximum absolute atomic E-state index is 13.5. The summed E-state index contributed by atoms with van der Waals surface area (Å²) in [5.41, 5.74) is 6.92. The molecule has 2 aromatic carbocycles. The molecule has 2 saturated heterocycles. The number of ether oxygens (including phenoxy) is 1. The van der Waals surface area contributed by atoms with Crippen LogP contribution >= 0.6 is 0 Å². The van der Waals surface area contributed by atoms with Gasteiger partial charge in [0.25, 0.3) is 0 Å². The van der Waals surface area contributed by atoms with Gasteiger partial charge in [-0.1, -0.05) is 68.1 Å². The highest BCUT2D eigenvalue weighted by atomic mass is 19.3. The molecule has 4 N–H and O–H groups in total. The molecule has 0 unspecified atom stereocenters. The third kappa shape index (κ3) is 10.6. The number of benzene rings is 2. The van der Waals surface area contributed by atoms with Crippen LogP contribution in [0.2, 0.25) is 0 Å². The summed E-state index contributed by atoms with van der Waals surface area (Å²) in [5.74, 6) is -6.65. The van der Waals surface area contributed by atoms with Gasteiger partial charge in [-0.15, -0.1) is 0 Å². The van der Waals surface area contributed by atoms with Crippen LogP contribution in [0.15, 0.2) is 60.7 Å². The number of halogens is 4. The zero-order chi connectivity index (χ0) is 35.0. The van der Waals surface area contributed by atoms with Crippen molar-refractivity contribution in [3.05, 3.63) is 71.8 Å². The summed E-state index contributed by atoms with van der Waals surface area (Å²) in [6, 6.07) is 19.1. The molecule has 0 spiro atoms.